The van der Waals surface area contributed by atoms with Crippen LogP contribution in [0.5, 0.6) is 0 Å². The maximum atomic E-state index is 12.9. The molecule has 0 atom stereocenters. The molecule has 10 heteroatoms. The minimum Gasteiger partial charge on any atom is -0.450 e. The van der Waals surface area contributed by atoms with Gasteiger partial charge in [-0.2, -0.15) is 0 Å². The molecule has 158 valence electrons. The highest BCUT2D eigenvalue weighted by molar-refractivity contribution is 7.13. The lowest BCUT2D eigenvalue weighted by Gasteiger charge is -2.34. The molecule has 0 aliphatic carbocycles. The van der Waals surface area contributed by atoms with Gasteiger partial charge < -0.3 is 19.0 Å². The topological polar surface area (TPSA) is 92.0 Å². The van der Waals surface area contributed by atoms with E-state index < -0.39 is 0 Å². The Balaban J connectivity index is 1.53. The van der Waals surface area contributed by atoms with E-state index in [1.807, 2.05) is 24.4 Å². The fourth-order valence-electron chi connectivity index (χ4n) is 3.14. The lowest BCUT2D eigenvalue weighted by Crippen LogP contribution is -2.51. The monoisotopic (exact) mass is 421 g/mol. The summed E-state index contributed by atoms with van der Waals surface area (Å²) in [6.07, 6.45) is 0.554. The molecule has 29 heavy (non-hydrogen) atoms. The number of rotatable bonds is 8. The maximum absolute atomic E-state index is 12.9. The Bertz CT molecular complexity index is 786. The fourth-order valence-corrected chi connectivity index (χ4v) is 3.78. The van der Waals surface area contributed by atoms with E-state index in [4.69, 9.17) is 9.15 Å². The standard InChI is InChI=1S/C19H27N5O4S/c1-3-7-24(13-16-20-21-18(28-16)15-6-5-12-29-15)17(25)14-22-8-10-23(11-9-22)19(26)27-4-2/h5-6,12H,3-4,7-11,13-14H2,1-2H3. The molecule has 3 heterocycles. The molecule has 0 radical (unpaired) electrons. The number of carbonyl (C=O) groups excluding carboxylic acids is 2. The molecule has 2 aromatic heterocycles. The fraction of sp³-hybridized carbons (Fsp3) is 0.579. The Hall–Kier alpha value is -2.46. The van der Waals surface area contributed by atoms with Gasteiger partial charge in [0.2, 0.25) is 11.8 Å². The van der Waals surface area contributed by atoms with Crippen molar-refractivity contribution < 1.29 is 18.7 Å². The van der Waals surface area contributed by atoms with E-state index in [1.54, 1.807) is 16.7 Å². The zero-order valence-electron chi connectivity index (χ0n) is 16.9. The van der Waals surface area contributed by atoms with Gasteiger partial charge in [-0.3, -0.25) is 9.69 Å². The number of aromatic nitrogens is 2. The summed E-state index contributed by atoms with van der Waals surface area (Å²) in [6, 6.07) is 3.85. The smallest absolute Gasteiger partial charge is 0.409 e. The normalized spacial score (nSPS) is 14.8. The van der Waals surface area contributed by atoms with Gasteiger partial charge >= 0.3 is 6.09 Å². The summed E-state index contributed by atoms with van der Waals surface area (Å²) in [7, 11) is 0. The zero-order chi connectivity index (χ0) is 20.6. The quantitative estimate of drug-likeness (QED) is 0.646. The van der Waals surface area contributed by atoms with Crippen LogP contribution >= 0.6 is 11.3 Å². The van der Waals surface area contributed by atoms with Crippen LogP contribution in [0.2, 0.25) is 0 Å². The molecule has 1 aliphatic rings. The van der Waals surface area contributed by atoms with Crippen LogP contribution in [0.25, 0.3) is 10.8 Å². The van der Waals surface area contributed by atoms with Crippen LogP contribution in [0.3, 0.4) is 0 Å². The molecule has 0 aromatic carbocycles. The van der Waals surface area contributed by atoms with Crippen LogP contribution in [0, 0.1) is 0 Å². The first-order valence-electron chi connectivity index (χ1n) is 9.88. The number of amides is 2. The molecule has 1 fully saturated rings. The Morgan fingerprint density at radius 2 is 2.03 bits per heavy atom. The predicted molar refractivity (Wildman–Crippen MR) is 108 cm³/mol. The molecule has 0 spiro atoms. The number of piperazine rings is 1. The minimum absolute atomic E-state index is 0.0207. The van der Waals surface area contributed by atoms with Crippen LogP contribution in [-0.2, 0) is 16.1 Å². The lowest BCUT2D eigenvalue weighted by atomic mass is 10.3. The van der Waals surface area contributed by atoms with E-state index in [2.05, 4.69) is 15.1 Å². The van der Waals surface area contributed by atoms with Gasteiger partial charge in [-0.25, -0.2) is 4.79 Å². The van der Waals surface area contributed by atoms with Crippen molar-refractivity contribution in [2.24, 2.45) is 0 Å². The summed E-state index contributed by atoms with van der Waals surface area (Å²) in [4.78, 5) is 31.1. The predicted octanol–water partition coefficient (Wildman–Crippen LogP) is 2.31. The summed E-state index contributed by atoms with van der Waals surface area (Å²) in [5.41, 5.74) is 0. The van der Waals surface area contributed by atoms with Crippen molar-refractivity contribution in [2.45, 2.75) is 26.8 Å². The van der Waals surface area contributed by atoms with Gasteiger partial charge in [0, 0.05) is 32.7 Å². The first kappa shape index (κ1) is 21.3. The number of hydrogen-bond donors (Lipinski definition) is 0. The highest BCUT2D eigenvalue weighted by atomic mass is 32.1. The van der Waals surface area contributed by atoms with E-state index in [1.165, 1.54) is 11.3 Å². The van der Waals surface area contributed by atoms with E-state index in [0.717, 1.165) is 11.3 Å². The maximum Gasteiger partial charge on any atom is 0.409 e. The molecule has 0 saturated carbocycles. The zero-order valence-corrected chi connectivity index (χ0v) is 17.7. The van der Waals surface area contributed by atoms with Gasteiger partial charge in [-0.15, -0.1) is 21.5 Å². The Labute approximate surface area is 174 Å². The summed E-state index contributed by atoms with van der Waals surface area (Å²) < 4.78 is 10.8. The Morgan fingerprint density at radius 1 is 1.24 bits per heavy atom. The molecule has 1 aliphatic heterocycles. The molecular weight excluding hydrogens is 394 g/mol. The number of nitrogens with zero attached hydrogens (tertiary/aromatic N) is 5. The van der Waals surface area contributed by atoms with Crippen LogP contribution in [0.1, 0.15) is 26.2 Å². The van der Waals surface area contributed by atoms with Crippen LogP contribution in [0.4, 0.5) is 4.79 Å². The van der Waals surface area contributed by atoms with Gasteiger partial charge in [-0.1, -0.05) is 13.0 Å². The molecular formula is C19H27N5O4S. The second-order valence-electron chi connectivity index (χ2n) is 6.76. The van der Waals surface area contributed by atoms with Crippen LogP contribution < -0.4 is 0 Å². The highest BCUT2D eigenvalue weighted by Crippen LogP contribution is 2.23. The molecule has 1 saturated heterocycles. The third-order valence-electron chi connectivity index (χ3n) is 4.63. The number of ether oxygens (including phenoxy) is 1. The molecule has 3 rings (SSSR count). The van der Waals surface area contributed by atoms with Gasteiger partial charge in [0.25, 0.3) is 5.89 Å². The average Bonchev–Trinajstić information content (AvgIpc) is 3.40. The molecule has 0 unspecified atom stereocenters. The second kappa shape index (κ2) is 10.4. The van der Waals surface area contributed by atoms with Crippen molar-refractivity contribution in [3.8, 4) is 10.8 Å². The van der Waals surface area contributed by atoms with E-state index in [-0.39, 0.29) is 12.0 Å². The van der Waals surface area contributed by atoms with Crippen molar-refractivity contribution in [1.29, 1.82) is 0 Å². The van der Waals surface area contributed by atoms with Crippen molar-refractivity contribution >= 4 is 23.3 Å². The van der Waals surface area contributed by atoms with E-state index >= 15 is 0 Å². The lowest BCUT2D eigenvalue weighted by molar-refractivity contribution is -0.133. The van der Waals surface area contributed by atoms with Gasteiger partial charge in [0.1, 0.15) is 0 Å². The molecule has 2 aromatic rings. The highest BCUT2D eigenvalue weighted by Gasteiger charge is 2.25. The van der Waals surface area contributed by atoms with E-state index in [0.29, 0.717) is 64.2 Å². The third-order valence-corrected chi connectivity index (χ3v) is 5.49. The van der Waals surface area contributed by atoms with Crippen molar-refractivity contribution in [3.05, 3.63) is 23.4 Å². The first-order chi connectivity index (χ1) is 14.1. The van der Waals surface area contributed by atoms with Gasteiger partial charge in [-0.05, 0) is 24.8 Å². The molecule has 9 nitrogen and oxygen atoms in total. The summed E-state index contributed by atoms with van der Waals surface area (Å²) in [5, 5.41) is 10.1. The Morgan fingerprint density at radius 3 is 2.69 bits per heavy atom. The van der Waals surface area contributed by atoms with E-state index in [9.17, 15) is 9.59 Å². The molecule has 0 bridgehead atoms. The molecule has 0 N–H and O–H groups in total. The first-order valence-corrected chi connectivity index (χ1v) is 10.8. The SMILES string of the molecule is CCCN(Cc1nnc(-c2cccs2)o1)C(=O)CN1CCN(C(=O)OCC)CC1. The molecule has 2 amide bonds. The number of carbonyl (C=O) groups is 2. The van der Waals surface area contributed by atoms with Gasteiger partial charge in [0.15, 0.2) is 0 Å². The summed E-state index contributed by atoms with van der Waals surface area (Å²) in [5.74, 6) is 0.934. The van der Waals surface area contributed by atoms with Crippen LogP contribution in [-0.4, -0.2) is 82.8 Å². The number of hydrogen-bond acceptors (Lipinski definition) is 8. The minimum atomic E-state index is -0.288. The summed E-state index contributed by atoms with van der Waals surface area (Å²) >= 11 is 1.53. The number of thiophene rings is 1. The van der Waals surface area contributed by atoms with Gasteiger partial charge in [0.05, 0.1) is 24.6 Å². The van der Waals surface area contributed by atoms with Crippen LogP contribution in [0.15, 0.2) is 21.9 Å². The van der Waals surface area contributed by atoms with Crippen molar-refractivity contribution in [1.82, 2.24) is 24.9 Å². The second-order valence-corrected chi connectivity index (χ2v) is 7.70. The average molecular weight is 422 g/mol. The third kappa shape index (κ3) is 5.77. The summed E-state index contributed by atoms with van der Waals surface area (Å²) in [6.45, 7) is 7.84. The van der Waals surface area contributed by atoms with Crippen molar-refractivity contribution in [2.75, 3.05) is 45.9 Å². The largest absolute Gasteiger partial charge is 0.450 e. The Kier molecular flexibility index (Phi) is 7.59. The van der Waals surface area contributed by atoms with Crippen molar-refractivity contribution in [3.63, 3.8) is 0 Å².